The van der Waals surface area contributed by atoms with Crippen LogP contribution in [-0.2, 0) is 0 Å². The minimum Gasteiger partial charge on any atom is -0.296 e. The average molecular weight is 103 g/mol. The number of hydrogen-bond acceptors (Lipinski definition) is 2. The fourth-order valence-corrected chi connectivity index (χ4v) is 1.52. The first-order valence-electron chi connectivity index (χ1n) is 2.16. The Morgan fingerprint density at radius 1 is 1.67 bits per heavy atom. The highest BCUT2D eigenvalue weighted by Crippen LogP contribution is 2.09. The Balaban J connectivity index is 2.18. The molecule has 0 saturated carbocycles. The third kappa shape index (κ3) is 0.884. The lowest BCUT2D eigenvalue weighted by atomic mass is 10.7. The number of hydrogen-bond donors (Lipinski definition) is 0. The molecule has 1 saturated heterocycles. The van der Waals surface area contributed by atoms with Gasteiger partial charge < -0.3 is 0 Å². The van der Waals surface area contributed by atoms with Crippen molar-refractivity contribution in [1.29, 1.82) is 0 Å². The first kappa shape index (κ1) is 4.47. The van der Waals surface area contributed by atoms with Crippen molar-refractivity contribution in [2.45, 2.75) is 0 Å². The highest BCUT2D eigenvalue weighted by atomic mass is 32.2. The molecular weight excluding hydrogens is 94.1 g/mol. The predicted molar refractivity (Wildman–Crippen MR) is 30.0 cm³/mol. The molecule has 0 aliphatic carbocycles. The van der Waals surface area contributed by atoms with Crippen LogP contribution >= 0.6 is 11.8 Å². The minimum atomic E-state index is 1.24. The molecule has 0 aromatic rings. The molecule has 1 heterocycles. The second-order valence-corrected chi connectivity index (χ2v) is 2.69. The van der Waals surface area contributed by atoms with Crippen molar-refractivity contribution in [3.63, 3.8) is 0 Å². The molecule has 2 heteroatoms. The van der Waals surface area contributed by atoms with Crippen LogP contribution in [0.2, 0.25) is 0 Å². The third-order valence-electron chi connectivity index (χ3n) is 0.929. The fourth-order valence-electron chi connectivity index (χ4n) is 0.505. The van der Waals surface area contributed by atoms with E-state index in [9.17, 15) is 0 Å². The van der Waals surface area contributed by atoms with Gasteiger partial charge in [0.1, 0.15) is 0 Å². The van der Waals surface area contributed by atoms with Gasteiger partial charge in [0, 0.05) is 18.2 Å². The second-order valence-electron chi connectivity index (χ2n) is 1.62. The lowest BCUT2D eigenvalue weighted by Crippen LogP contribution is -2.11. The molecule has 36 valence electrons. The zero-order chi connectivity index (χ0) is 4.41. The summed E-state index contributed by atoms with van der Waals surface area (Å²) in [5.41, 5.74) is 0. The lowest BCUT2D eigenvalue weighted by molar-refractivity contribution is 0.438. The Kier molecular flexibility index (Phi) is 1.37. The van der Waals surface area contributed by atoms with Crippen molar-refractivity contribution >= 4 is 11.8 Å². The molecule has 0 spiro atoms. The van der Waals surface area contributed by atoms with Crippen LogP contribution in [0.4, 0.5) is 0 Å². The third-order valence-corrected chi connectivity index (χ3v) is 2.02. The molecule has 0 radical (unpaired) electrons. The molecule has 0 aromatic carbocycles. The van der Waals surface area contributed by atoms with Crippen molar-refractivity contribution in [3.05, 3.63) is 0 Å². The van der Waals surface area contributed by atoms with E-state index < -0.39 is 0 Å². The van der Waals surface area contributed by atoms with Gasteiger partial charge in [0.2, 0.25) is 0 Å². The SMILES string of the molecule is CN1CCSC1. The van der Waals surface area contributed by atoms with Gasteiger partial charge in [-0.15, -0.1) is 11.8 Å². The van der Waals surface area contributed by atoms with Crippen LogP contribution < -0.4 is 0 Å². The molecular formula is C4H9NS. The molecule has 0 aromatic heterocycles. The van der Waals surface area contributed by atoms with E-state index in [1.54, 1.807) is 0 Å². The van der Waals surface area contributed by atoms with Gasteiger partial charge in [-0.25, -0.2) is 0 Å². The Bertz CT molecular complexity index is 40.8. The molecule has 0 N–H and O–H groups in total. The van der Waals surface area contributed by atoms with Gasteiger partial charge in [-0.2, -0.15) is 0 Å². The van der Waals surface area contributed by atoms with E-state index in [4.69, 9.17) is 0 Å². The molecule has 1 nitrogen and oxygen atoms in total. The number of rotatable bonds is 0. The molecule has 6 heavy (non-hydrogen) atoms. The molecule has 1 aliphatic rings. The smallest absolute Gasteiger partial charge is 0.0442 e. The van der Waals surface area contributed by atoms with Gasteiger partial charge in [-0.1, -0.05) is 0 Å². The molecule has 1 fully saturated rings. The normalized spacial score (nSPS) is 25.5. The standard InChI is InChI=1S/C4H9NS/c1-5-2-3-6-4-5/h2-4H2,1H3. The first-order chi connectivity index (χ1) is 2.89. The second kappa shape index (κ2) is 1.85. The van der Waals surface area contributed by atoms with Gasteiger partial charge in [0.15, 0.2) is 0 Å². The van der Waals surface area contributed by atoms with E-state index in [2.05, 4.69) is 11.9 Å². The summed E-state index contributed by atoms with van der Waals surface area (Å²) in [6, 6.07) is 0. The molecule has 0 atom stereocenters. The van der Waals surface area contributed by atoms with Crippen molar-refractivity contribution in [2.24, 2.45) is 0 Å². The van der Waals surface area contributed by atoms with E-state index in [0.29, 0.717) is 0 Å². The van der Waals surface area contributed by atoms with Crippen LogP contribution in [0.25, 0.3) is 0 Å². The largest absolute Gasteiger partial charge is 0.296 e. The van der Waals surface area contributed by atoms with Gasteiger partial charge in [-0.05, 0) is 7.05 Å². The maximum absolute atomic E-state index is 2.32. The Labute approximate surface area is 42.7 Å². The van der Waals surface area contributed by atoms with Crippen molar-refractivity contribution < 1.29 is 0 Å². The van der Waals surface area contributed by atoms with Gasteiger partial charge in [0.25, 0.3) is 0 Å². The highest BCUT2D eigenvalue weighted by Gasteiger charge is 2.03. The summed E-state index contributed by atoms with van der Waals surface area (Å²) >= 11 is 2.01. The van der Waals surface area contributed by atoms with Crippen molar-refractivity contribution in [3.8, 4) is 0 Å². The summed E-state index contributed by atoms with van der Waals surface area (Å²) < 4.78 is 0. The maximum atomic E-state index is 2.32. The quantitative estimate of drug-likeness (QED) is 0.442. The van der Waals surface area contributed by atoms with Crippen LogP contribution in [0.15, 0.2) is 0 Å². The zero-order valence-electron chi connectivity index (χ0n) is 3.98. The molecule has 1 aliphatic heterocycles. The van der Waals surface area contributed by atoms with Crippen LogP contribution in [-0.4, -0.2) is 30.1 Å². The van der Waals surface area contributed by atoms with Crippen LogP contribution in [0.3, 0.4) is 0 Å². The van der Waals surface area contributed by atoms with E-state index >= 15 is 0 Å². The fraction of sp³-hybridized carbons (Fsp3) is 1.00. The number of thioether (sulfide) groups is 1. The Morgan fingerprint density at radius 3 is 2.67 bits per heavy atom. The highest BCUT2D eigenvalue weighted by molar-refractivity contribution is 7.99. The van der Waals surface area contributed by atoms with Crippen molar-refractivity contribution in [1.82, 2.24) is 4.90 Å². The average Bonchev–Trinajstić information content (AvgIpc) is 1.86. The van der Waals surface area contributed by atoms with E-state index in [1.807, 2.05) is 11.8 Å². The zero-order valence-corrected chi connectivity index (χ0v) is 4.79. The van der Waals surface area contributed by atoms with Crippen LogP contribution in [0.1, 0.15) is 0 Å². The van der Waals surface area contributed by atoms with Crippen LogP contribution in [0.5, 0.6) is 0 Å². The van der Waals surface area contributed by atoms with Gasteiger partial charge in [0.05, 0.1) is 0 Å². The van der Waals surface area contributed by atoms with Crippen LogP contribution in [0, 0.1) is 0 Å². The topological polar surface area (TPSA) is 3.24 Å². The summed E-state index contributed by atoms with van der Waals surface area (Å²) in [6.07, 6.45) is 0. The van der Waals surface area contributed by atoms with E-state index in [0.717, 1.165) is 0 Å². The Hall–Kier alpha value is 0.310. The van der Waals surface area contributed by atoms with E-state index in [-0.39, 0.29) is 0 Å². The Morgan fingerprint density at radius 2 is 2.50 bits per heavy atom. The monoisotopic (exact) mass is 103 g/mol. The molecule has 0 bridgehead atoms. The summed E-state index contributed by atoms with van der Waals surface area (Å²) in [6.45, 7) is 1.28. The molecule has 1 rings (SSSR count). The summed E-state index contributed by atoms with van der Waals surface area (Å²) in [5, 5.41) is 0. The minimum absolute atomic E-state index is 1.24. The van der Waals surface area contributed by atoms with Crippen molar-refractivity contribution in [2.75, 3.05) is 25.2 Å². The summed E-state index contributed by atoms with van der Waals surface area (Å²) in [5.74, 6) is 2.57. The molecule has 0 amide bonds. The lowest BCUT2D eigenvalue weighted by Gasteiger charge is -1.99. The van der Waals surface area contributed by atoms with Gasteiger partial charge >= 0.3 is 0 Å². The number of nitrogens with zero attached hydrogens (tertiary/aromatic N) is 1. The summed E-state index contributed by atoms with van der Waals surface area (Å²) in [7, 11) is 2.15. The van der Waals surface area contributed by atoms with Gasteiger partial charge in [-0.3, -0.25) is 4.90 Å². The van der Waals surface area contributed by atoms with E-state index in [1.165, 1.54) is 18.2 Å². The first-order valence-corrected chi connectivity index (χ1v) is 3.31. The summed E-state index contributed by atoms with van der Waals surface area (Å²) in [4.78, 5) is 2.32. The maximum Gasteiger partial charge on any atom is 0.0442 e. The predicted octanol–water partition coefficient (Wildman–Crippen LogP) is 0.622. The molecule has 0 unspecified atom stereocenters.